The van der Waals surface area contributed by atoms with Gasteiger partial charge < -0.3 is 19.7 Å². The SMILES string of the molecule is OC1=CC2=C(CC1)C1=C(C=C(O)CC1)C1(COC1)O2. The average Bonchev–Trinajstić information content (AvgIpc) is 2.35. The Bertz CT molecular complexity index is 573. The molecule has 1 spiro atoms. The fourth-order valence-corrected chi connectivity index (χ4v) is 3.28. The summed E-state index contributed by atoms with van der Waals surface area (Å²) in [5, 5.41) is 19.5. The molecule has 2 heterocycles. The largest absolute Gasteiger partial charge is 0.512 e. The molecular weight excluding hydrogens is 244 g/mol. The monoisotopic (exact) mass is 260 g/mol. The second-order valence-electron chi connectivity index (χ2n) is 5.60. The van der Waals surface area contributed by atoms with E-state index in [1.165, 1.54) is 11.1 Å². The van der Waals surface area contributed by atoms with E-state index < -0.39 is 5.60 Å². The minimum atomic E-state index is -0.448. The molecular formula is C15H16O4. The molecule has 0 aromatic heterocycles. The van der Waals surface area contributed by atoms with E-state index in [1.807, 2.05) is 6.08 Å². The van der Waals surface area contributed by atoms with Gasteiger partial charge in [0.25, 0.3) is 0 Å². The van der Waals surface area contributed by atoms with E-state index in [9.17, 15) is 10.2 Å². The summed E-state index contributed by atoms with van der Waals surface area (Å²) in [5.41, 5.74) is 3.10. The Morgan fingerprint density at radius 2 is 1.58 bits per heavy atom. The summed E-state index contributed by atoms with van der Waals surface area (Å²) >= 11 is 0. The van der Waals surface area contributed by atoms with Gasteiger partial charge in [-0.1, -0.05) is 0 Å². The van der Waals surface area contributed by atoms with Crippen molar-refractivity contribution < 1.29 is 19.7 Å². The third-order valence-corrected chi connectivity index (χ3v) is 4.32. The topological polar surface area (TPSA) is 58.9 Å². The number of allylic oxidation sites excluding steroid dienone is 5. The predicted molar refractivity (Wildman–Crippen MR) is 68.6 cm³/mol. The van der Waals surface area contributed by atoms with Crippen LogP contribution in [0.2, 0.25) is 0 Å². The molecule has 0 radical (unpaired) electrons. The normalized spacial score (nSPS) is 28.0. The Hall–Kier alpha value is -1.68. The van der Waals surface area contributed by atoms with Crippen LogP contribution in [-0.4, -0.2) is 29.0 Å². The lowest BCUT2D eigenvalue weighted by molar-refractivity contribution is -0.166. The minimum absolute atomic E-state index is 0.382. The Morgan fingerprint density at radius 1 is 0.895 bits per heavy atom. The first-order valence-electron chi connectivity index (χ1n) is 6.71. The van der Waals surface area contributed by atoms with Gasteiger partial charge in [-0.15, -0.1) is 0 Å². The maximum Gasteiger partial charge on any atom is 0.181 e. The zero-order valence-electron chi connectivity index (χ0n) is 10.6. The van der Waals surface area contributed by atoms with Crippen molar-refractivity contribution in [2.24, 2.45) is 0 Å². The van der Waals surface area contributed by atoms with Gasteiger partial charge in [0.2, 0.25) is 0 Å². The minimum Gasteiger partial charge on any atom is -0.512 e. The van der Waals surface area contributed by atoms with Crippen LogP contribution in [0.15, 0.2) is 46.1 Å². The van der Waals surface area contributed by atoms with Crippen molar-refractivity contribution >= 4 is 0 Å². The maximum atomic E-state index is 9.80. The molecule has 2 aliphatic heterocycles. The molecule has 0 amide bonds. The van der Waals surface area contributed by atoms with E-state index >= 15 is 0 Å². The van der Waals surface area contributed by atoms with Gasteiger partial charge in [-0.25, -0.2) is 0 Å². The summed E-state index contributed by atoms with van der Waals surface area (Å²) in [5.74, 6) is 1.60. The standard InChI is InChI=1S/C15H16O4/c16-9-1-3-11-12-4-2-10(17)6-14(12)19-15(7-18-8-15)13(11)5-9/h5-6,16-17H,1-4,7-8H2. The Balaban J connectivity index is 1.88. The van der Waals surface area contributed by atoms with Crippen LogP contribution in [0, 0.1) is 0 Å². The van der Waals surface area contributed by atoms with Crippen LogP contribution < -0.4 is 0 Å². The van der Waals surface area contributed by atoms with Crippen LogP contribution in [0.1, 0.15) is 25.7 Å². The molecule has 4 nitrogen and oxygen atoms in total. The molecule has 4 heteroatoms. The molecule has 4 rings (SSSR count). The fraction of sp³-hybridized carbons (Fsp3) is 0.467. The Morgan fingerprint density at radius 3 is 2.26 bits per heavy atom. The molecule has 0 bridgehead atoms. The molecule has 1 saturated heterocycles. The highest BCUT2D eigenvalue weighted by Gasteiger charge is 2.49. The first-order chi connectivity index (χ1) is 9.18. The quantitative estimate of drug-likeness (QED) is 0.703. The summed E-state index contributed by atoms with van der Waals surface area (Å²) < 4.78 is 11.4. The van der Waals surface area contributed by atoms with Crippen LogP contribution in [0.25, 0.3) is 0 Å². The summed E-state index contributed by atoms with van der Waals surface area (Å²) in [7, 11) is 0. The molecule has 1 fully saturated rings. The number of aliphatic hydroxyl groups excluding tert-OH is 2. The van der Waals surface area contributed by atoms with Gasteiger partial charge in [0, 0.05) is 24.5 Å². The highest BCUT2D eigenvalue weighted by Crippen LogP contribution is 2.48. The lowest BCUT2D eigenvalue weighted by atomic mass is 9.76. The zero-order valence-corrected chi connectivity index (χ0v) is 10.6. The molecule has 2 aliphatic carbocycles. The summed E-state index contributed by atoms with van der Waals surface area (Å²) in [6.45, 7) is 1.03. The van der Waals surface area contributed by atoms with Crippen molar-refractivity contribution in [2.75, 3.05) is 13.2 Å². The molecule has 19 heavy (non-hydrogen) atoms. The van der Waals surface area contributed by atoms with Crippen molar-refractivity contribution in [1.29, 1.82) is 0 Å². The smallest absolute Gasteiger partial charge is 0.181 e. The van der Waals surface area contributed by atoms with E-state index in [0.29, 0.717) is 37.6 Å². The van der Waals surface area contributed by atoms with Crippen molar-refractivity contribution in [1.82, 2.24) is 0 Å². The average molecular weight is 260 g/mol. The van der Waals surface area contributed by atoms with Gasteiger partial charge in [0.1, 0.15) is 5.76 Å². The van der Waals surface area contributed by atoms with E-state index in [0.717, 1.165) is 24.2 Å². The van der Waals surface area contributed by atoms with Crippen LogP contribution >= 0.6 is 0 Å². The number of aliphatic hydroxyl groups is 2. The van der Waals surface area contributed by atoms with Crippen molar-refractivity contribution in [2.45, 2.75) is 31.3 Å². The number of hydrogen-bond donors (Lipinski definition) is 2. The molecule has 0 aromatic rings. The van der Waals surface area contributed by atoms with Crippen LogP contribution in [0.3, 0.4) is 0 Å². The highest BCUT2D eigenvalue weighted by molar-refractivity contribution is 5.55. The van der Waals surface area contributed by atoms with E-state index in [-0.39, 0.29) is 0 Å². The first kappa shape index (κ1) is 11.2. The molecule has 4 aliphatic rings. The predicted octanol–water partition coefficient (Wildman–Crippen LogP) is 2.81. The van der Waals surface area contributed by atoms with E-state index in [4.69, 9.17) is 9.47 Å². The molecule has 100 valence electrons. The molecule has 0 aromatic carbocycles. The second kappa shape index (κ2) is 3.67. The third kappa shape index (κ3) is 1.49. The third-order valence-electron chi connectivity index (χ3n) is 4.32. The molecule has 0 atom stereocenters. The van der Waals surface area contributed by atoms with Gasteiger partial charge in [0.15, 0.2) is 5.60 Å². The van der Waals surface area contributed by atoms with Gasteiger partial charge in [-0.05, 0) is 30.1 Å². The van der Waals surface area contributed by atoms with Crippen molar-refractivity contribution in [3.05, 3.63) is 46.1 Å². The maximum absolute atomic E-state index is 9.80. The van der Waals surface area contributed by atoms with Crippen LogP contribution in [0.4, 0.5) is 0 Å². The van der Waals surface area contributed by atoms with Gasteiger partial charge >= 0.3 is 0 Å². The first-order valence-corrected chi connectivity index (χ1v) is 6.71. The number of fused-ring (bicyclic) bond motifs is 2. The zero-order chi connectivity index (χ0) is 13.0. The fourth-order valence-electron chi connectivity index (χ4n) is 3.28. The van der Waals surface area contributed by atoms with Crippen molar-refractivity contribution in [3.8, 4) is 0 Å². The summed E-state index contributed by atoms with van der Waals surface area (Å²) in [6.07, 6.45) is 6.59. The lowest BCUT2D eigenvalue weighted by Gasteiger charge is -2.48. The highest BCUT2D eigenvalue weighted by atomic mass is 16.6. The number of rotatable bonds is 0. The molecule has 2 N–H and O–H groups in total. The van der Waals surface area contributed by atoms with Gasteiger partial charge in [-0.3, -0.25) is 0 Å². The Labute approximate surface area is 111 Å². The number of ether oxygens (including phenoxy) is 2. The molecule has 0 saturated carbocycles. The summed E-state index contributed by atoms with van der Waals surface area (Å²) in [4.78, 5) is 0. The van der Waals surface area contributed by atoms with Crippen LogP contribution in [-0.2, 0) is 9.47 Å². The second-order valence-corrected chi connectivity index (χ2v) is 5.60. The van der Waals surface area contributed by atoms with E-state index in [2.05, 4.69) is 0 Å². The summed E-state index contributed by atoms with van der Waals surface area (Å²) in [6, 6.07) is 0. The molecule has 0 unspecified atom stereocenters. The lowest BCUT2D eigenvalue weighted by Crippen LogP contribution is -2.55. The van der Waals surface area contributed by atoms with Crippen molar-refractivity contribution in [3.63, 3.8) is 0 Å². The van der Waals surface area contributed by atoms with Gasteiger partial charge in [-0.2, -0.15) is 0 Å². The Kier molecular flexibility index (Phi) is 2.16. The van der Waals surface area contributed by atoms with Gasteiger partial charge in [0.05, 0.1) is 24.7 Å². The van der Waals surface area contributed by atoms with Crippen LogP contribution in [0.5, 0.6) is 0 Å². The number of hydrogen-bond acceptors (Lipinski definition) is 4. The van der Waals surface area contributed by atoms with E-state index in [1.54, 1.807) is 6.08 Å².